The lowest BCUT2D eigenvalue weighted by Gasteiger charge is -2.10. The number of benzene rings is 1. The summed E-state index contributed by atoms with van der Waals surface area (Å²) < 4.78 is 7.29. The molecule has 98 valence electrons. The first-order valence-corrected chi connectivity index (χ1v) is 5.94. The third-order valence-corrected chi connectivity index (χ3v) is 3.10. The van der Waals surface area contributed by atoms with E-state index in [4.69, 9.17) is 15.6 Å². The molecular formula is C13H13N3O3. The molecule has 1 aromatic heterocycles. The largest absolute Gasteiger partial charge is 0.488 e. The van der Waals surface area contributed by atoms with Crippen LogP contribution in [0.2, 0.25) is 0 Å². The minimum atomic E-state index is -1.12. The van der Waals surface area contributed by atoms with Crippen LogP contribution in [0.3, 0.4) is 0 Å². The Balaban J connectivity index is 1.74. The van der Waals surface area contributed by atoms with E-state index in [9.17, 15) is 4.79 Å². The van der Waals surface area contributed by atoms with Gasteiger partial charge in [-0.05, 0) is 11.6 Å². The second-order valence-electron chi connectivity index (χ2n) is 4.51. The number of carbonyl (C=O) groups is 1. The van der Waals surface area contributed by atoms with E-state index >= 15 is 0 Å². The Morgan fingerprint density at radius 1 is 1.53 bits per heavy atom. The number of hydrogen-bond donors (Lipinski definition) is 2. The van der Waals surface area contributed by atoms with Crippen molar-refractivity contribution in [2.24, 2.45) is 0 Å². The van der Waals surface area contributed by atoms with Crippen LogP contribution in [0, 0.1) is 0 Å². The summed E-state index contributed by atoms with van der Waals surface area (Å²) >= 11 is 0. The van der Waals surface area contributed by atoms with Gasteiger partial charge in [-0.15, -0.1) is 0 Å². The number of ether oxygens (including phenoxy) is 1. The van der Waals surface area contributed by atoms with Gasteiger partial charge in [0.1, 0.15) is 11.9 Å². The Morgan fingerprint density at radius 2 is 2.32 bits per heavy atom. The quantitative estimate of drug-likeness (QED) is 0.863. The minimum Gasteiger partial charge on any atom is -0.488 e. The molecule has 0 amide bonds. The van der Waals surface area contributed by atoms with Crippen molar-refractivity contribution in [1.82, 2.24) is 9.78 Å². The average Bonchev–Trinajstić information content (AvgIpc) is 2.92. The lowest BCUT2D eigenvalue weighted by Crippen LogP contribution is -2.21. The summed E-state index contributed by atoms with van der Waals surface area (Å²) in [5.74, 6) is -0.238. The maximum atomic E-state index is 10.9. The summed E-state index contributed by atoms with van der Waals surface area (Å²) in [7, 11) is 0. The third kappa shape index (κ3) is 2.12. The van der Waals surface area contributed by atoms with Crippen molar-refractivity contribution in [2.75, 3.05) is 5.73 Å². The fourth-order valence-corrected chi connectivity index (χ4v) is 2.26. The summed E-state index contributed by atoms with van der Waals surface area (Å²) in [5, 5.41) is 12.8. The molecule has 0 saturated heterocycles. The van der Waals surface area contributed by atoms with Crippen LogP contribution in [0.1, 0.15) is 16.1 Å². The smallest absolute Gasteiger partial charge is 0.358 e. The summed E-state index contributed by atoms with van der Waals surface area (Å²) in [6, 6.07) is 7.85. The van der Waals surface area contributed by atoms with Crippen LogP contribution >= 0.6 is 0 Å². The second-order valence-corrected chi connectivity index (χ2v) is 4.51. The first-order chi connectivity index (χ1) is 9.13. The van der Waals surface area contributed by atoms with Crippen molar-refractivity contribution in [3.63, 3.8) is 0 Å². The number of para-hydroxylation sites is 1. The molecule has 3 N–H and O–H groups in total. The van der Waals surface area contributed by atoms with Gasteiger partial charge in [0, 0.05) is 12.6 Å². The van der Waals surface area contributed by atoms with E-state index in [2.05, 4.69) is 5.10 Å². The predicted octanol–water partition coefficient (Wildman–Crippen LogP) is 1.17. The van der Waals surface area contributed by atoms with Gasteiger partial charge in [0.25, 0.3) is 0 Å². The number of hydrogen-bond acceptors (Lipinski definition) is 4. The SMILES string of the molecule is Nc1cn(CC2Cc3ccccc3O2)nc1C(=O)O. The Hall–Kier alpha value is -2.50. The Morgan fingerprint density at radius 3 is 3.00 bits per heavy atom. The molecule has 0 saturated carbocycles. The minimum absolute atomic E-state index is 0.0432. The summed E-state index contributed by atoms with van der Waals surface area (Å²) in [6.45, 7) is 0.478. The molecule has 0 aliphatic carbocycles. The van der Waals surface area contributed by atoms with Crippen LogP contribution in [0.5, 0.6) is 5.75 Å². The monoisotopic (exact) mass is 259 g/mol. The van der Waals surface area contributed by atoms with Crippen molar-refractivity contribution >= 4 is 11.7 Å². The van der Waals surface area contributed by atoms with Crippen molar-refractivity contribution < 1.29 is 14.6 Å². The molecule has 0 bridgehead atoms. The van der Waals surface area contributed by atoms with Crippen LogP contribution in [-0.4, -0.2) is 27.0 Å². The van der Waals surface area contributed by atoms with E-state index in [1.807, 2.05) is 24.3 Å². The van der Waals surface area contributed by atoms with Crippen molar-refractivity contribution in [3.05, 3.63) is 41.7 Å². The molecule has 3 rings (SSSR count). The number of aromatic carboxylic acids is 1. The average molecular weight is 259 g/mol. The van der Waals surface area contributed by atoms with Gasteiger partial charge < -0.3 is 15.6 Å². The van der Waals surface area contributed by atoms with E-state index in [-0.39, 0.29) is 17.5 Å². The van der Waals surface area contributed by atoms with Crippen LogP contribution < -0.4 is 10.5 Å². The van der Waals surface area contributed by atoms with E-state index in [1.54, 1.807) is 0 Å². The molecule has 1 unspecified atom stereocenters. The number of nitrogens with two attached hydrogens (primary N) is 1. The molecule has 19 heavy (non-hydrogen) atoms. The Bertz CT molecular complexity index is 611. The predicted molar refractivity (Wildman–Crippen MR) is 68.2 cm³/mol. The van der Waals surface area contributed by atoms with Gasteiger partial charge in [-0.25, -0.2) is 4.79 Å². The summed E-state index contributed by atoms with van der Waals surface area (Å²) in [4.78, 5) is 10.9. The number of fused-ring (bicyclic) bond motifs is 1. The van der Waals surface area contributed by atoms with Crippen molar-refractivity contribution in [2.45, 2.75) is 19.1 Å². The van der Waals surface area contributed by atoms with Crippen molar-refractivity contribution in [1.29, 1.82) is 0 Å². The fraction of sp³-hybridized carbons (Fsp3) is 0.231. The first-order valence-electron chi connectivity index (χ1n) is 5.94. The van der Waals surface area contributed by atoms with E-state index in [0.29, 0.717) is 6.54 Å². The van der Waals surface area contributed by atoms with Crippen LogP contribution in [0.15, 0.2) is 30.5 Å². The van der Waals surface area contributed by atoms with Crippen LogP contribution in [-0.2, 0) is 13.0 Å². The maximum Gasteiger partial charge on any atom is 0.358 e. The van der Waals surface area contributed by atoms with Crippen molar-refractivity contribution in [3.8, 4) is 5.75 Å². The molecule has 1 atom stereocenters. The Kier molecular flexibility index (Phi) is 2.63. The lowest BCUT2D eigenvalue weighted by molar-refractivity contribution is 0.0689. The fourth-order valence-electron chi connectivity index (χ4n) is 2.26. The highest BCUT2D eigenvalue weighted by Crippen LogP contribution is 2.28. The Labute approximate surface area is 109 Å². The van der Waals surface area contributed by atoms with Gasteiger partial charge in [-0.2, -0.15) is 5.10 Å². The van der Waals surface area contributed by atoms with Gasteiger partial charge >= 0.3 is 5.97 Å². The number of aromatic nitrogens is 2. The molecule has 6 heteroatoms. The van der Waals surface area contributed by atoms with E-state index in [1.165, 1.54) is 10.9 Å². The van der Waals surface area contributed by atoms with Gasteiger partial charge in [0.05, 0.1) is 12.2 Å². The van der Waals surface area contributed by atoms with Gasteiger partial charge in [-0.1, -0.05) is 18.2 Å². The highest BCUT2D eigenvalue weighted by Gasteiger charge is 2.24. The molecule has 0 spiro atoms. The van der Waals surface area contributed by atoms with Crippen LogP contribution in [0.25, 0.3) is 0 Å². The topological polar surface area (TPSA) is 90.4 Å². The number of carboxylic acid groups (broad SMARTS) is 1. The van der Waals surface area contributed by atoms with Gasteiger partial charge in [0.15, 0.2) is 5.69 Å². The van der Waals surface area contributed by atoms with Gasteiger partial charge in [-0.3, -0.25) is 4.68 Å². The number of rotatable bonds is 3. The molecule has 1 aliphatic rings. The molecular weight excluding hydrogens is 246 g/mol. The first kappa shape index (κ1) is 11.6. The number of anilines is 1. The van der Waals surface area contributed by atoms with Gasteiger partial charge in [0.2, 0.25) is 0 Å². The number of nitrogen functional groups attached to an aromatic ring is 1. The second kappa shape index (κ2) is 4.31. The zero-order valence-electron chi connectivity index (χ0n) is 10.1. The third-order valence-electron chi connectivity index (χ3n) is 3.10. The van der Waals surface area contributed by atoms with E-state index in [0.717, 1.165) is 17.7 Å². The summed E-state index contributed by atoms with van der Waals surface area (Å²) in [6.07, 6.45) is 2.27. The van der Waals surface area contributed by atoms with Crippen LogP contribution in [0.4, 0.5) is 5.69 Å². The maximum absolute atomic E-state index is 10.9. The molecule has 1 aliphatic heterocycles. The molecule has 6 nitrogen and oxygen atoms in total. The lowest BCUT2D eigenvalue weighted by atomic mass is 10.1. The summed E-state index contributed by atoms with van der Waals surface area (Å²) in [5.41, 5.74) is 6.81. The number of carboxylic acids is 1. The molecule has 0 fully saturated rings. The molecule has 0 radical (unpaired) electrons. The standard InChI is InChI=1S/C13H13N3O3/c14-10-7-16(15-12(10)13(17)18)6-9-5-8-3-1-2-4-11(8)19-9/h1-4,7,9H,5-6,14H2,(H,17,18). The number of nitrogens with zero attached hydrogens (tertiary/aromatic N) is 2. The zero-order valence-corrected chi connectivity index (χ0v) is 10.1. The normalized spacial score (nSPS) is 16.9. The zero-order chi connectivity index (χ0) is 13.4. The highest BCUT2D eigenvalue weighted by atomic mass is 16.5. The molecule has 2 heterocycles. The van der Waals surface area contributed by atoms with E-state index < -0.39 is 5.97 Å². The highest BCUT2D eigenvalue weighted by molar-refractivity contribution is 5.91. The molecule has 1 aromatic carbocycles. The molecule has 2 aromatic rings.